The van der Waals surface area contributed by atoms with E-state index in [0.717, 1.165) is 5.56 Å². The highest BCUT2D eigenvalue weighted by Gasteiger charge is 2.13. The van der Waals surface area contributed by atoms with Gasteiger partial charge in [-0.25, -0.2) is 14.2 Å². The number of benzene rings is 1. The van der Waals surface area contributed by atoms with Gasteiger partial charge in [0.25, 0.3) is 5.82 Å². The Morgan fingerprint density at radius 3 is 2.81 bits per heavy atom. The van der Waals surface area contributed by atoms with E-state index >= 15 is 0 Å². The van der Waals surface area contributed by atoms with Crippen LogP contribution in [0.5, 0.6) is 0 Å². The minimum atomic E-state index is -0.584. The molecule has 112 valence electrons. The predicted octanol–water partition coefficient (Wildman–Crippen LogP) is 1.86. The summed E-state index contributed by atoms with van der Waals surface area (Å²) in [5.74, 6) is -0.489. The highest BCUT2D eigenvalue weighted by molar-refractivity contribution is 5.84. The van der Waals surface area contributed by atoms with Crippen LogP contribution in [0.4, 0.5) is 4.39 Å². The van der Waals surface area contributed by atoms with Crippen molar-refractivity contribution in [3.8, 4) is 0 Å². The molecule has 1 N–H and O–H groups in total. The monoisotopic (exact) mass is 293 g/mol. The molecule has 0 saturated heterocycles. The SMILES string of the molecule is CCOC(=O)c1n[nH]c(Cc2cc(F)cc(COC)c2)n1. The highest BCUT2D eigenvalue weighted by Crippen LogP contribution is 2.13. The first kappa shape index (κ1) is 15.1. The predicted molar refractivity (Wildman–Crippen MR) is 72.3 cm³/mol. The first-order valence-electron chi connectivity index (χ1n) is 6.48. The molecule has 0 aliphatic carbocycles. The van der Waals surface area contributed by atoms with E-state index in [9.17, 15) is 9.18 Å². The summed E-state index contributed by atoms with van der Waals surface area (Å²) in [5, 5.41) is 6.43. The van der Waals surface area contributed by atoms with Crippen molar-refractivity contribution in [2.45, 2.75) is 20.0 Å². The van der Waals surface area contributed by atoms with Crippen molar-refractivity contribution in [3.05, 3.63) is 46.8 Å². The number of methoxy groups -OCH3 is 1. The molecule has 6 nitrogen and oxygen atoms in total. The molecule has 0 saturated carbocycles. The van der Waals surface area contributed by atoms with Gasteiger partial charge in [-0.05, 0) is 30.2 Å². The molecule has 2 aromatic rings. The molecule has 0 unspecified atom stereocenters. The zero-order valence-electron chi connectivity index (χ0n) is 11.9. The molecule has 7 heteroatoms. The summed E-state index contributed by atoms with van der Waals surface area (Å²) in [6, 6.07) is 4.64. The van der Waals surface area contributed by atoms with Crippen LogP contribution in [0.25, 0.3) is 0 Å². The third-order valence-electron chi connectivity index (χ3n) is 2.69. The second-order valence-electron chi connectivity index (χ2n) is 4.40. The number of aromatic amines is 1. The number of esters is 1. The normalized spacial score (nSPS) is 10.6. The number of carbonyl (C=O) groups excluding carboxylic acids is 1. The van der Waals surface area contributed by atoms with Gasteiger partial charge < -0.3 is 9.47 Å². The topological polar surface area (TPSA) is 77.1 Å². The smallest absolute Gasteiger partial charge is 0.378 e. The number of ether oxygens (including phenoxy) is 2. The van der Waals surface area contributed by atoms with Crippen LogP contribution in [-0.4, -0.2) is 34.9 Å². The number of hydrogen-bond acceptors (Lipinski definition) is 5. The van der Waals surface area contributed by atoms with Gasteiger partial charge in [-0.1, -0.05) is 6.07 Å². The Morgan fingerprint density at radius 1 is 1.33 bits per heavy atom. The van der Waals surface area contributed by atoms with Crippen LogP contribution in [0, 0.1) is 5.82 Å². The summed E-state index contributed by atoms with van der Waals surface area (Å²) in [5.41, 5.74) is 1.45. The van der Waals surface area contributed by atoms with Crippen molar-refractivity contribution in [1.82, 2.24) is 15.2 Å². The van der Waals surface area contributed by atoms with E-state index in [1.54, 1.807) is 14.0 Å². The summed E-state index contributed by atoms with van der Waals surface area (Å²) in [4.78, 5) is 15.5. The van der Waals surface area contributed by atoms with Gasteiger partial charge >= 0.3 is 5.97 Å². The quantitative estimate of drug-likeness (QED) is 0.823. The Hall–Kier alpha value is -2.28. The second-order valence-corrected chi connectivity index (χ2v) is 4.40. The van der Waals surface area contributed by atoms with Gasteiger partial charge in [-0.3, -0.25) is 5.10 Å². The van der Waals surface area contributed by atoms with E-state index in [1.165, 1.54) is 12.1 Å². The summed E-state index contributed by atoms with van der Waals surface area (Å²) < 4.78 is 23.3. The number of rotatable bonds is 6. The molecule has 1 aromatic carbocycles. The van der Waals surface area contributed by atoms with Crippen molar-refractivity contribution in [1.29, 1.82) is 0 Å². The molecule has 1 aromatic heterocycles. The molecule has 0 aliphatic rings. The molecule has 0 aliphatic heterocycles. The van der Waals surface area contributed by atoms with Gasteiger partial charge in [0.05, 0.1) is 13.2 Å². The van der Waals surface area contributed by atoms with Crippen molar-refractivity contribution in [3.63, 3.8) is 0 Å². The minimum absolute atomic E-state index is 0.0274. The standard InChI is InChI=1S/C14H16FN3O3/c1-3-21-14(19)13-16-12(17-18-13)7-9-4-10(8-20-2)6-11(15)5-9/h4-6H,3,7-8H2,1-2H3,(H,16,17,18). The van der Waals surface area contributed by atoms with Gasteiger partial charge in [0.15, 0.2) is 0 Å². The van der Waals surface area contributed by atoms with Gasteiger partial charge in [-0.2, -0.15) is 0 Å². The van der Waals surface area contributed by atoms with Crippen LogP contribution < -0.4 is 0 Å². The van der Waals surface area contributed by atoms with Crippen LogP contribution in [0.15, 0.2) is 18.2 Å². The Bertz CT molecular complexity index is 628. The molecule has 0 atom stereocenters. The van der Waals surface area contributed by atoms with E-state index in [1.807, 2.05) is 6.07 Å². The number of H-pyrrole nitrogens is 1. The third kappa shape index (κ3) is 4.09. The van der Waals surface area contributed by atoms with Crippen LogP contribution in [0.3, 0.4) is 0 Å². The molecule has 0 spiro atoms. The van der Waals surface area contributed by atoms with E-state index in [4.69, 9.17) is 9.47 Å². The van der Waals surface area contributed by atoms with E-state index in [-0.39, 0.29) is 18.2 Å². The van der Waals surface area contributed by atoms with Gasteiger partial charge in [0, 0.05) is 13.5 Å². The van der Waals surface area contributed by atoms with Crippen LogP contribution in [0.2, 0.25) is 0 Å². The first-order chi connectivity index (χ1) is 10.1. The number of carbonyl (C=O) groups is 1. The molecule has 0 radical (unpaired) electrons. The summed E-state index contributed by atoms with van der Waals surface area (Å²) in [7, 11) is 1.55. The van der Waals surface area contributed by atoms with Crippen molar-refractivity contribution < 1.29 is 18.7 Å². The number of nitrogens with one attached hydrogen (secondary N) is 1. The molecular weight excluding hydrogens is 277 g/mol. The Balaban J connectivity index is 2.13. The number of halogens is 1. The first-order valence-corrected chi connectivity index (χ1v) is 6.48. The zero-order chi connectivity index (χ0) is 15.2. The molecule has 2 rings (SSSR count). The number of nitrogens with zero attached hydrogens (tertiary/aromatic N) is 2. The molecule has 0 amide bonds. The van der Waals surface area contributed by atoms with E-state index in [2.05, 4.69) is 15.2 Å². The highest BCUT2D eigenvalue weighted by atomic mass is 19.1. The summed E-state index contributed by atoms with van der Waals surface area (Å²) in [6.45, 7) is 2.29. The molecule has 0 bridgehead atoms. The molecule has 1 heterocycles. The lowest BCUT2D eigenvalue weighted by Crippen LogP contribution is -2.06. The zero-order valence-corrected chi connectivity index (χ0v) is 11.9. The maximum absolute atomic E-state index is 13.5. The van der Waals surface area contributed by atoms with Crippen molar-refractivity contribution in [2.75, 3.05) is 13.7 Å². The minimum Gasteiger partial charge on any atom is -0.460 e. The second kappa shape index (κ2) is 6.94. The molecule has 21 heavy (non-hydrogen) atoms. The van der Waals surface area contributed by atoms with Crippen molar-refractivity contribution >= 4 is 5.97 Å². The van der Waals surface area contributed by atoms with Gasteiger partial charge in [0.1, 0.15) is 11.6 Å². The van der Waals surface area contributed by atoms with Gasteiger partial charge in [-0.15, -0.1) is 5.10 Å². The van der Waals surface area contributed by atoms with Crippen LogP contribution >= 0.6 is 0 Å². The van der Waals surface area contributed by atoms with E-state index < -0.39 is 5.97 Å². The molecule has 0 fully saturated rings. The van der Waals surface area contributed by atoms with E-state index in [0.29, 0.717) is 24.4 Å². The van der Waals surface area contributed by atoms with Crippen LogP contribution in [-0.2, 0) is 22.5 Å². The lowest BCUT2D eigenvalue weighted by atomic mass is 10.1. The molecular formula is C14H16FN3O3. The average Bonchev–Trinajstić information content (AvgIpc) is 2.87. The maximum Gasteiger partial charge on any atom is 0.378 e. The summed E-state index contributed by atoms with van der Waals surface area (Å²) in [6.07, 6.45) is 0.334. The summed E-state index contributed by atoms with van der Waals surface area (Å²) >= 11 is 0. The number of aromatic nitrogens is 3. The fourth-order valence-electron chi connectivity index (χ4n) is 1.92. The Morgan fingerprint density at radius 2 is 2.10 bits per heavy atom. The average molecular weight is 293 g/mol. The van der Waals surface area contributed by atoms with Crippen LogP contribution in [0.1, 0.15) is 34.5 Å². The fourth-order valence-corrected chi connectivity index (χ4v) is 1.92. The largest absolute Gasteiger partial charge is 0.460 e. The Labute approximate surface area is 121 Å². The Kier molecular flexibility index (Phi) is 4.99. The van der Waals surface area contributed by atoms with Gasteiger partial charge in [0.2, 0.25) is 0 Å². The van der Waals surface area contributed by atoms with Crippen molar-refractivity contribution in [2.24, 2.45) is 0 Å². The lowest BCUT2D eigenvalue weighted by molar-refractivity contribution is 0.0512. The third-order valence-corrected chi connectivity index (χ3v) is 2.69. The number of hydrogen-bond donors (Lipinski definition) is 1. The maximum atomic E-state index is 13.5. The lowest BCUT2D eigenvalue weighted by Gasteiger charge is -2.04. The fraction of sp³-hybridized carbons (Fsp3) is 0.357.